The summed E-state index contributed by atoms with van der Waals surface area (Å²) >= 11 is 0. The highest BCUT2D eigenvalue weighted by molar-refractivity contribution is 5.91. The molecule has 0 saturated carbocycles. The molecule has 26 heavy (non-hydrogen) atoms. The van der Waals surface area contributed by atoms with Crippen molar-refractivity contribution in [3.05, 3.63) is 95.1 Å². The summed E-state index contributed by atoms with van der Waals surface area (Å²) in [6.45, 7) is 3.45. The van der Waals surface area contributed by atoms with Crippen molar-refractivity contribution in [1.82, 2.24) is 0 Å². The summed E-state index contributed by atoms with van der Waals surface area (Å²) in [5, 5.41) is 0. The first kappa shape index (κ1) is 20.9. The third-order valence-corrected chi connectivity index (χ3v) is 3.75. The second kappa shape index (κ2) is 11.4. The number of amides is 2. The van der Waals surface area contributed by atoms with E-state index >= 15 is 0 Å². The molecule has 136 valence electrons. The van der Waals surface area contributed by atoms with E-state index in [0.717, 1.165) is 12.8 Å². The molecule has 0 saturated heterocycles. The molecule has 0 unspecified atom stereocenters. The quantitative estimate of drug-likeness (QED) is 0.783. The second-order valence-electron chi connectivity index (χ2n) is 5.88. The Labute approximate surface area is 155 Å². The van der Waals surface area contributed by atoms with E-state index in [1.54, 1.807) is 13.8 Å². The van der Waals surface area contributed by atoms with Crippen molar-refractivity contribution < 1.29 is 9.59 Å². The van der Waals surface area contributed by atoms with Crippen LogP contribution < -0.4 is 11.5 Å². The van der Waals surface area contributed by atoms with Gasteiger partial charge < -0.3 is 11.5 Å². The second-order valence-corrected chi connectivity index (χ2v) is 5.88. The molecule has 0 aromatic heterocycles. The van der Waals surface area contributed by atoms with E-state index in [0.29, 0.717) is 11.1 Å². The molecule has 0 radical (unpaired) electrons. The minimum atomic E-state index is -0.351. The first-order valence-corrected chi connectivity index (χ1v) is 8.41. The lowest BCUT2D eigenvalue weighted by molar-refractivity contribution is -0.115. The zero-order valence-electron chi connectivity index (χ0n) is 15.3. The largest absolute Gasteiger partial charge is 0.366 e. The van der Waals surface area contributed by atoms with E-state index in [-0.39, 0.29) is 11.8 Å². The molecule has 0 aliphatic heterocycles. The van der Waals surface area contributed by atoms with Gasteiger partial charge in [0.15, 0.2) is 0 Å². The first-order chi connectivity index (χ1) is 12.4. The van der Waals surface area contributed by atoms with Crippen LogP contribution >= 0.6 is 0 Å². The van der Waals surface area contributed by atoms with Crippen molar-refractivity contribution in [3.8, 4) is 0 Å². The number of benzene rings is 2. The van der Waals surface area contributed by atoms with Crippen LogP contribution in [0.25, 0.3) is 0 Å². The number of hydrogen-bond acceptors (Lipinski definition) is 2. The highest BCUT2D eigenvalue weighted by Crippen LogP contribution is 2.03. The first-order valence-electron chi connectivity index (χ1n) is 8.41. The van der Waals surface area contributed by atoms with Crippen molar-refractivity contribution in [2.75, 3.05) is 0 Å². The van der Waals surface area contributed by atoms with Gasteiger partial charge >= 0.3 is 0 Å². The third kappa shape index (κ3) is 8.64. The maximum atomic E-state index is 10.7. The highest BCUT2D eigenvalue weighted by atomic mass is 16.1. The molecule has 4 heteroatoms. The van der Waals surface area contributed by atoms with Gasteiger partial charge in [-0.05, 0) is 37.8 Å². The molecule has 2 rings (SSSR count). The zero-order chi connectivity index (χ0) is 19.4. The van der Waals surface area contributed by atoms with Gasteiger partial charge in [0.2, 0.25) is 11.8 Å². The lowest BCUT2D eigenvalue weighted by atomic mass is 10.1. The number of carbonyl (C=O) groups is 2. The summed E-state index contributed by atoms with van der Waals surface area (Å²) in [7, 11) is 0. The van der Waals surface area contributed by atoms with E-state index < -0.39 is 0 Å². The highest BCUT2D eigenvalue weighted by Gasteiger charge is 1.96. The smallest absolute Gasteiger partial charge is 0.244 e. The molecule has 0 aliphatic carbocycles. The summed E-state index contributed by atoms with van der Waals surface area (Å²) in [6, 6.07) is 19.9. The van der Waals surface area contributed by atoms with Gasteiger partial charge in [0, 0.05) is 11.1 Å². The monoisotopic (exact) mass is 350 g/mol. The predicted molar refractivity (Wildman–Crippen MR) is 106 cm³/mol. The fourth-order valence-corrected chi connectivity index (χ4v) is 1.97. The van der Waals surface area contributed by atoms with Crippen molar-refractivity contribution in [3.63, 3.8) is 0 Å². The number of primary amides is 2. The number of allylic oxidation sites excluding steroid dienone is 2. The molecule has 4 nitrogen and oxygen atoms in total. The Hall–Kier alpha value is -3.14. The maximum absolute atomic E-state index is 10.7. The van der Waals surface area contributed by atoms with Crippen molar-refractivity contribution in [1.29, 1.82) is 0 Å². The maximum Gasteiger partial charge on any atom is 0.244 e. The van der Waals surface area contributed by atoms with Crippen LogP contribution in [0, 0.1) is 0 Å². The van der Waals surface area contributed by atoms with Crippen LogP contribution in [-0.4, -0.2) is 11.8 Å². The predicted octanol–water partition coefficient (Wildman–Crippen LogP) is 3.32. The Balaban J connectivity index is 0.000000260. The fourth-order valence-electron chi connectivity index (χ4n) is 1.97. The fraction of sp³-hybridized carbons (Fsp3) is 0.182. The van der Waals surface area contributed by atoms with E-state index in [2.05, 4.69) is 0 Å². The van der Waals surface area contributed by atoms with Gasteiger partial charge in [-0.3, -0.25) is 9.59 Å². The van der Waals surface area contributed by atoms with Crippen molar-refractivity contribution in [2.24, 2.45) is 11.5 Å². The van der Waals surface area contributed by atoms with Crippen LogP contribution in [0.4, 0.5) is 0 Å². The van der Waals surface area contributed by atoms with Gasteiger partial charge in [-0.1, -0.05) is 72.8 Å². The van der Waals surface area contributed by atoms with Crippen molar-refractivity contribution in [2.45, 2.75) is 26.7 Å². The lowest BCUT2D eigenvalue weighted by Gasteiger charge is -1.96. The van der Waals surface area contributed by atoms with Crippen LogP contribution in [0.2, 0.25) is 0 Å². The molecular formula is C22H26N2O2. The van der Waals surface area contributed by atoms with E-state index in [1.807, 2.05) is 72.8 Å². The van der Waals surface area contributed by atoms with Gasteiger partial charge in [0.05, 0.1) is 0 Å². The zero-order valence-corrected chi connectivity index (χ0v) is 15.3. The molecule has 0 aliphatic rings. The molecule has 2 amide bonds. The van der Waals surface area contributed by atoms with Crippen LogP contribution in [0.5, 0.6) is 0 Å². The molecule has 0 spiro atoms. The summed E-state index contributed by atoms with van der Waals surface area (Å²) in [4.78, 5) is 21.3. The molecule has 2 aromatic rings. The standard InChI is InChI=1S/2C11H13NO/c2*1-9(11(12)13)7-8-10-5-3-2-4-6-10/h2*2-7H,8H2,1H3,(H2,12,13). The molecular weight excluding hydrogens is 324 g/mol. The van der Waals surface area contributed by atoms with Crippen LogP contribution in [0.15, 0.2) is 84.0 Å². The van der Waals surface area contributed by atoms with Crippen LogP contribution in [-0.2, 0) is 22.4 Å². The molecule has 0 fully saturated rings. The Morgan fingerprint density at radius 1 is 0.692 bits per heavy atom. The SMILES string of the molecule is CC(=CCc1ccccc1)C(N)=O.CC(=CCc1ccccc1)C(N)=O. The van der Waals surface area contributed by atoms with Crippen LogP contribution in [0.3, 0.4) is 0 Å². The Bertz CT molecular complexity index is 696. The minimum Gasteiger partial charge on any atom is -0.366 e. The topological polar surface area (TPSA) is 86.2 Å². The summed E-state index contributed by atoms with van der Waals surface area (Å²) in [5.41, 5.74) is 13.8. The van der Waals surface area contributed by atoms with E-state index in [9.17, 15) is 9.59 Å². The van der Waals surface area contributed by atoms with E-state index in [1.165, 1.54) is 11.1 Å². The molecule has 2 aromatic carbocycles. The van der Waals surface area contributed by atoms with Gasteiger partial charge in [-0.25, -0.2) is 0 Å². The van der Waals surface area contributed by atoms with Crippen molar-refractivity contribution >= 4 is 11.8 Å². The number of rotatable bonds is 6. The Morgan fingerprint density at radius 3 is 1.27 bits per heavy atom. The van der Waals surface area contributed by atoms with Gasteiger partial charge in [-0.2, -0.15) is 0 Å². The Kier molecular flexibility index (Phi) is 9.18. The number of hydrogen-bond donors (Lipinski definition) is 2. The van der Waals surface area contributed by atoms with E-state index in [4.69, 9.17) is 11.5 Å². The minimum absolute atomic E-state index is 0.351. The molecule has 0 heterocycles. The molecule has 0 atom stereocenters. The van der Waals surface area contributed by atoms with Gasteiger partial charge in [-0.15, -0.1) is 0 Å². The summed E-state index contributed by atoms with van der Waals surface area (Å²) < 4.78 is 0. The number of nitrogens with two attached hydrogens (primary N) is 2. The number of carbonyl (C=O) groups excluding carboxylic acids is 2. The summed E-state index contributed by atoms with van der Waals surface area (Å²) in [6.07, 6.45) is 5.21. The normalized spacial score (nSPS) is 11.3. The average Bonchev–Trinajstić information content (AvgIpc) is 2.66. The Morgan fingerprint density at radius 2 is 1.00 bits per heavy atom. The molecule has 4 N–H and O–H groups in total. The lowest BCUT2D eigenvalue weighted by Crippen LogP contribution is -2.11. The van der Waals surface area contributed by atoms with Gasteiger partial charge in [0.1, 0.15) is 0 Å². The summed E-state index contributed by atoms with van der Waals surface area (Å²) in [5.74, 6) is -0.702. The van der Waals surface area contributed by atoms with Crippen LogP contribution in [0.1, 0.15) is 25.0 Å². The van der Waals surface area contributed by atoms with Gasteiger partial charge in [0.25, 0.3) is 0 Å². The molecule has 0 bridgehead atoms. The average molecular weight is 350 g/mol. The third-order valence-electron chi connectivity index (χ3n) is 3.75.